The first-order valence-electron chi connectivity index (χ1n) is 17.1. The number of esters is 7. The largest absolute Gasteiger partial charge is 0.463 e. The molecule has 2 aliphatic rings. The predicted octanol–water partition coefficient (Wildman–Crippen LogP) is 0.393. The van der Waals surface area contributed by atoms with E-state index >= 15 is 0 Å². The standard InChI is InChI=1S/C35H47N3O17.ClH/c1-17(39)47-16-26-28(49-19(3)41)29(50-20(4)42)31(52-22(6)44)33(54-26)38-35(36-14-24-12-10-9-11-13-24)37-15-25-27(48-18(2)40)30(51-21(5)43)32(53-23(7)45)34(46-8)55-25;/h9-13,25-34H,14-16H2,1-8H3,(H2,36,37,38);1H/t25-,26-,27-,28-,29+,30+,31-,32-,33-,34+;/m1./s1. The van der Waals surface area contributed by atoms with E-state index in [1.807, 2.05) is 6.07 Å². The van der Waals surface area contributed by atoms with Crippen molar-refractivity contribution in [3.63, 3.8) is 0 Å². The van der Waals surface area contributed by atoms with E-state index < -0.39 is 110 Å². The van der Waals surface area contributed by atoms with Gasteiger partial charge in [0.05, 0.1) is 6.54 Å². The van der Waals surface area contributed by atoms with Gasteiger partial charge in [0, 0.05) is 62.1 Å². The summed E-state index contributed by atoms with van der Waals surface area (Å²) < 4.78 is 55.8. The highest BCUT2D eigenvalue weighted by molar-refractivity contribution is 5.85. The molecule has 0 spiro atoms. The fourth-order valence-electron chi connectivity index (χ4n) is 5.79. The summed E-state index contributed by atoms with van der Waals surface area (Å²) in [7, 11) is 1.27. The molecule has 0 amide bonds. The Kier molecular flexibility index (Phi) is 18.9. The molecule has 20 nitrogen and oxygen atoms in total. The lowest BCUT2D eigenvalue weighted by atomic mass is 9.97. The Morgan fingerprint density at radius 2 is 1.07 bits per heavy atom. The summed E-state index contributed by atoms with van der Waals surface area (Å²) in [6.07, 6.45) is -13.6. The first-order valence-corrected chi connectivity index (χ1v) is 17.1. The van der Waals surface area contributed by atoms with Crippen molar-refractivity contribution in [2.24, 2.45) is 4.99 Å². The smallest absolute Gasteiger partial charge is 0.303 e. The number of nitrogens with zero attached hydrogens (tertiary/aromatic N) is 1. The van der Waals surface area contributed by atoms with E-state index in [2.05, 4.69) is 15.6 Å². The van der Waals surface area contributed by atoms with Crippen molar-refractivity contribution >= 4 is 60.2 Å². The van der Waals surface area contributed by atoms with Gasteiger partial charge in [0.1, 0.15) is 18.8 Å². The molecular formula is C35H48ClN3O17. The number of aliphatic imine (C=N–C) groups is 1. The van der Waals surface area contributed by atoms with Gasteiger partial charge in [-0.15, -0.1) is 12.4 Å². The Bertz CT molecular complexity index is 1560. The highest BCUT2D eigenvalue weighted by Gasteiger charge is 2.54. The molecule has 1 aromatic carbocycles. The molecule has 0 aromatic heterocycles. The van der Waals surface area contributed by atoms with Gasteiger partial charge in [-0.25, -0.2) is 4.99 Å². The second-order valence-electron chi connectivity index (χ2n) is 12.3. The van der Waals surface area contributed by atoms with E-state index in [1.165, 1.54) is 7.11 Å². The average molecular weight is 818 g/mol. The number of ether oxygens (including phenoxy) is 10. The van der Waals surface area contributed by atoms with Crippen LogP contribution < -0.4 is 10.6 Å². The van der Waals surface area contributed by atoms with E-state index in [1.54, 1.807) is 24.3 Å². The van der Waals surface area contributed by atoms with Gasteiger partial charge >= 0.3 is 41.8 Å². The maximum Gasteiger partial charge on any atom is 0.303 e. The van der Waals surface area contributed by atoms with Crippen LogP contribution in [0.15, 0.2) is 35.3 Å². The first-order chi connectivity index (χ1) is 26.0. The van der Waals surface area contributed by atoms with Crippen LogP contribution in [0.3, 0.4) is 0 Å². The van der Waals surface area contributed by atoms with Crippen molar-refractivity contribution in [1.82, 2.24) is 10.6 Å². The van der Waals surface area contributed by atoms with Crippen molar-refractivity contribution in [1.29, 1.82) is 0 Å². The molecule has 21 heteroatoms. The van der Waals surface area contributed by atoms with E-state index in [0.717, 1.165) is 54.0 Å². The molecule has 10 atom stereocenters. The molecule has 0 aliphatic carbocycles. The number of guanidine groups is 1. The van der Waals surface area contributed by atoms with Gasteiger partial charge in [-0.05, 0) is 5.56 Å². The number of nitrogens with one attached hydrogen (secondary N) is 2. The average Bonchev–Trinajstić information content (AvgIpc) is 3.08. The Balaban J connectivity index is 0.0000108. The zero-order valence-corrected chi connectivity index (χ0v) is 32.9. The lowest BCUT2D eigenvalue weighted by molar-refractivity contribution is -0.296. The van der Waals surface area contributed by atoms with Gasteiger partial charge in [0.2, 0.25) is 0 Å². The molecule has 2 aliphatic heterocycles. The predicted molar refractivity (Wildman–Crippen MR) is 190 cm³/mol. The van der Waals surface area contributed by atoms with Crippen LogP contribution in [0.5, 0.6) is 0 Å². The van der Waals surface area contributed by atoms with Gasteiger partial charge in [0.15, 0.2) is 55.1 Å². The zero-order chi connectivity index (χ0) is 40.8. The van der Waals surface area contributed by atoms with Crippen molar-refractivity contribution in [2.75, 3.05) is 20.3 Å². The second kappa shape index (κ2) is 22.5. The number of carbonyl (C=O) groups excluding carboxylic acids is 7. The monoisotopic (exact) mass is 817 g/mol. The quantitative estimate of drug-likeness (QED) is 0.112. The SMILES string of the molecule is CO[C@H]1O[C@H](CNC(=NCc2ccccc2)N[C@@H]2O[C@H](COC(C)=O)[C@@H](OC(C)=O)[C@H](OC(C)=O)[C@H]2OC(C)=O)[C@@H](OC(C)=O)[C@H](OC(C)=O)[C@H]1OC(C)=O.Cl. The molecule has 3 rings (SSSR count). The fraction of sp³-hybridized carbons (Fsp3) is 0.600. The Hall–Kier alpha value is -5.05. The molecule has 312 valence electrons. The summed E-state index contributed by atoms with van der Waals surface area (Å²) in [5, 5.41) is 6.04. The van der Waals surface area contributed by atoms with Crippen LogP contribution >= 0.6 is 12.4 Å². The number of benzene rings is 1. The Morgan fingerprint density at radius 3 is 1.57 bits per heavy atom. The van der Waals surface area contributed by atoms with Crippen LogP contribution in [0.25, 0.3) is 0 Å². The minimum Gasteiger partial charge on any atom is -0.463 e. The van der Waals surface area contributed by atoms with Crippen molar-refractivity contribution in [3.8, 4) is 0 Å². The maximum atomic E-state index is 12.4. The van der Waals surface area contributed by atoms with Crippen LogP contribution in [0.2, 0.25) is 0 Å². The second-order valence-corrected chi connectivity index (χ2v) is 12.3. The molecule has 2 heterocycles. The molecule has 0 bridgehead atoms. The number of hydrogen-bond acceptors (Lipinski definition) is 18. The van der Waals surface area contributed by atoms with E-state index in [-0.39, 0.29) is 31.5 Å². The van der Waals surface area contributed by atoms with Crippen LogP contribution in [0, 0.1) is 0 Å². The molecule has 1 aromatic rings. The van der Waals surface area contributed by atoms with Gasteiger partial charge in [-0.1, -0.05) is 30.3 Å². The van der Waals surface area contributed by atoms with Gasteiger partial charge in [-0.3, -0.25) is 33.6 Å². The van der Waals surface area contributed by atoms with Crippen molar-refractivity contribution in [3.05, 3.63) is 35.9 Å². The van der Waals surface area contributed by atoms with Crippen molar-refractivity contribution in [2.45, 2.75) is 116 Å². The maximum absolute atomic E-state index is 12.4. The molecule has 56 heavy (non-hydrogen) atoms. The van der Waals surface area contributed by atoms with Crippen LogP contribution in [0.4, 0.5) is 0 Å². The lowest BCUT2D eigenvalue weighted by Gasteiger charge is -2.45. The van der Waals surface area contributed by atoms with E-state index in [0.29, 0.717) is 0 Å². The Morgan fingerprint density at radius 1 is 0.607 bits per heavy atom. The minimum absolute atomic E-state index is 0. The van der Waals surface area contributed by atoms with Gasteiger partial charge < -0.3 is 58.0 Å². The summed E-state index contributed by atoms with van der Waals surface area (Å²) in [6, 6.07) is 9.01. The van der Waals surface area contributed by atoms with Crippen LogP contribution in [0.1, 0.15) is 54.0 Å². The molecule has 2 saturated heterocycles. The van der Waals surface area contributed by atoms with Crippen molar-refractivity contribution < 1.29 is 80.9 Å². The summed E-state index contributed by atoms with van der Waals surface area (Å²) >= 11 is 0. The number of methoxy groups -OCH3 is 1. The zero-order valence-electron chi connectivity index (χ0n) is 32.1. The molecule has 2 N–H and O–H groups in total. The highest BCUT2D eigenvalue weighted by atomic mass is 35.5. The summed E-state index contributed by atoms with van der Waals surface area (Å²) in [5.41, 5.74) is 0.760. The number of halogens is 1. The summed E-state index contributed by atoms with van der Waals surface area (Å²) in [6.45, 7) is 7.13. The molecule has 2 fully saturated rings. The third-order valence-electron chi connectivity index (χ3n) is 7.73. The summed E-state index contributed by atoms with van der Waals surface area (Å²) in [4.78, 5) is 89.9. The van der Waals surface area contributed by atoms with Crippen LogP contribution in [-0.4, -0.2) is 129 Å². The number of carbonyl (C=O) groups is 7. The van der Waals surface area contributed by atoms with Gasteiger partial charge in [0.25, 0.3) is 0 Å². The first kappa shape index (κ1) is 47.1. The third-order valence-corrected chi connectivity index (χ3v) is 7.73. The van der Waals surface area contributed by atoms with E-state index in [9.17, 15) is 33.6 Å². The minimum atomic E-state index is -1.49. The number of hydrogen-bond donors (Lipinski definition) is 2. The topological polar surface area (TPSA) is 248 Å². The number of rotatable bonds is 14. The molecule has 0 unspecified atom stereocenters. The van der Waals surface area contributed by atoms with Crippen LogP contribution in [-0.2, 0) is 87.5 Å². The fourth-order valence-corrected chi connectivity index (χ4v) is 5.79. The normalized spacial score (nSPS) is 27.2. The third kappa shape index (κ3) is 14.5. The summed E-state index contributed by atoms with van der Waals surface area (Å²) in [5.74, 6) is -5.50. The molecule has 0 radical (unpaired) electrons. The highest BCUT2D eigenvalue weighted by Crippen LogP contribution is 2.30. The van der Waals surface area contributed by atoms with Gasteiger partial charge in [-0.2, -0.15) is 0 Å². The molecular weight excluding hydrogens is 770 g/mol. The van der Waals surface area contributed by atoms with E-state index in [4.69, 9.17) is 47.4 Å². The molecule has 0 saturated carbocycles. The Labute approximate surface area is 328 Å². The lowest BCUT2D eigenvalue weighted by Crippen LogP contribution is -2.67.